The second kappa shape index (κ2) is 5.48. The Bertz CT molecular complexity index is 669. The van der Waals surface area contributed by atoms with Gasteiger partial charge in [-0.2, -0.15) is 4.39 Å². The summed E-state index contributed by atoms with van der Waals surface area (Å²) in [5.41, 5.74) is 1.08. The van der Waals surface area contributed by atoms with Crippen LogP contribution < -0.4 is 5.32 Å². The minimum absolute atomic E-state index is 0.00609. The minimum Gasteiger partial charge on any atom is -0.478 e. The standard InChI is InChI=1S/C14H11FN2O3/c1-8-2-4-11(10(6-8)14(19)20)17-13(18)9-3-5-12(15)16-7-9/h2-7H,1H3,(H,17,18)(H,19,20). The third-order valence-electron chi connectivity index (χ3n) is 2.64. The average Bonchev–Trinajstić information content (AvgIpc) is 2.41. The maximum atomic E-state index is 12.7. The van der Waals surface area contributed by atoms with Crippen LogP contribution >= 0.6 is 0 Å². The van der Waals surface area contributed by atoms with Gasteiger partial charge in [-0.15, -0.1) is 0 Å². The molecule has 2 aromatic rings. The molecule has 2 N–H and O–H groups in total. The van der Waals surface area contributed by atoms with Crippen molar-refractivity contribution < 1.29 is 19.1 Å². The zero-order valence-electron chi connectivity index (χ0n) is 10.6. The van der Waals surface area contributed by atoms with Gasteiger partial charge >= 0.3 is 5.97 Å². The van der Waals surface area contributed by atoms with Gasteiger partial charge in [-0.25, -0.2) is 9.78 Å². The van der Waals surface area contributed by atoms with Crippen LogP contribution in [0.15, 0.2) is 36.5 Å². The molecule has 1 heterocycles. The number of rotatable bonds is 3. The van der Waals surface area contributed by atoms with Crippen molar-refractivity contribution in [3.8, 4) is 0 Å². The number of aromatic carboxylic acids is 1. The van der Waals surface area contributed by atoms with E-state index in [1.54, 1.807) is 13.0 Å². The van der Waals surface area contributed by atoms with Crippen molar-refractivity contribution >= 4 is 17.6 Å². The third-order valence-corrected chi connectivity index (χ3v) is 2.64. The molecule has 0 aliphatic rings. The summed E-state index contributed by atoms with van der Waals surface area (Å²) in [5, 5.41) is 11.6. The van der Waals surface area contributed by atoms with E-state index >= 15 is 0 Å². The van der Waals surface area contributed by atoms with Crippen molar-refractivity contribution in [3.05, 3.63) is 59.2 Å². The number of benzene rings is 1. The van der Waals surface area contributed by atoms with Crippen molar-refractivity contribution in [1.82, 2.24) is 4.98 Å². The zero-order valence-corrected chi connectivity index (χ0v) is 10.6. The second-order valence-electron chi connectivity index (χ2n) is 4.18. The summed E-state index contributed by atoms with van der Waals surface area (Å²) >= 11 is 0. The smallest absolute Gasteiger partial charge is 0.337 e. The first-order valence-electron chi connectivity index (χ1n) is 5.74. The van der Waals surface area contributed by atoms with Crippen LogP contribution in [0.2, 0.25) is 0 Å². The molecule has 102 valence electrons. The second-order valence-corrected chi connectivity index (χ2v) is 4.18. The molecule has 0 unspecified atom stereocenters. The molecule has 0 bridgehead atoms. The summed E-state index contributed by atoms with van der Waals surface area (Å²) in [6, 6.07) is 6.98. The van der Waals surface area contributed by atoms with Crippen LogP contribution in [0.5, 0.6) is 0 Å². The summed E-state index contributed by atoms with van der Waals surface area (Å²) in [4.78, 5) is 26.4. The Morgan fingerprint density at radius 1 is 1.25 bits per heavy atom. The highest BCUT2D eigenvalue weighted by atomic mass is 19.1. The van der Waals surface area contributed by atoms with Crippen LogP contribution in [-0.2, 0) is 0 Å². The molecule has 0 saturated heterocycles. The van der Waals surface area contributed by atoms with Gasteiger partial charge in [0.1, 0.15) is 0 Å². The number of carbonyl (C=O) groups is 2. The number of amides is 1. The van der Waals surface area contributed by atoms with Gasteiger partial charge in [0.15, 0.2) is 0 Å². The Kier molecular flexibility index (Phi) is 3.74. The number of nitrogens with one attached hydrogen (secondary N) is 1. The van der Waals surface area contributed by atoms with Crippen molar-refractivity contribution in [2.45, 2.75) is 6.92 Å². The lowest BCUT2D eigenvalue weighted by Crippen LogP contribution is -2.15. The summed E-state index contributed by atoms with van der Waals surface area (Å²) in [5.74, 6) is -2.38. The fraction of sp³-hybridized carbons (Fsp3) is 0.0714. The highest BCUT2D eigenvalue weighted by molar-refractivity contribution is 6.07. The zero-order chi connectivity index (χ0) is 14.7. The van der Waals surface area contributed by atoms with E-state index in [1.165, 1.54) is 18.2 Å². The van der Waals surface area contributed by atoms with E-state index in [4.69, 9.17) is 5.11 Å². The van der Waals surface area contributed by atoms with Crippen LogP contribution in [-0.4, -0.2) is 22.0 Å². The van der Waals surface area contributed by atoms with Gasteiger partial charge < -0.3 is 10.4 Å². The largest absolute Gasteiger partial charge is 0.478 e. The summed E-state index contributed by atoms with van der Waals surface area (Å²) in [6.07, 6.45) is 1.08. The van der Waals surface area contributed by atoms with E-state index in [-0.39, 0.29) is 16.8 Å². The van der Waals surface area contributed by atoms with Crippen LogP contribution in [0.25, 0.3) is 0 Å². The first-order valence-corrected chi connectivity index (χ1v) is 5.74. The molecule has 5 nitrogen and oxygen atoms in total. The number of carboxylic acids is 1. The van der Waals surface area contributed by atoms with Gasteiger partial charge in [-0.3, -0.25) is 4.79 Å². The molecule has 0 aliphatic carbocycles. The quantitative estimate of drug-likeness (QED) is 0.843. The molecule has 1 aromatic heterocycles. The Labute approximate surface area is 114 Å². The highest BCUT2D eigenvalue weighted by Crippen LogP contribution is 2.18. The molecule has 1 aromatic carbocycles. The first kappa shape index (κ1) is 13.7. The van der Waals surface area contributed by atoms with E-state index in [1.807, 2.05) is 0 Å². The number of halogens is 1. The maximum Gasteiger partial charge on any atom is 0.337 e. The summed E-state index contributed by atoms with van der Waals surface area (Å²) in [6.45, 7) is 1.75. The van der Waals surface area contributed by atoms with Crippen molar-refractivity contribution in [1.29, 1.82) is 0 Å². The lowest BCUT2D eigenvalue weighted by Gasteiger charge is -2.09. The lowest BCUT2D eigenvalue weighted by atomic mass is 10.1. The summed E-state index contributed by atoms with van der Waals surface area (Å²) in [7, 11) is 0. The number of nitrogens with zero attached hydrogens (tertiary/aromatic N) is 1. The molecule has 0 spiro atoms. The predicted molar refractivity (Wildman–Crippen MR) is 70.3 cm³/mol. The van der Waals surface area contributed by atoms with Gasteiger partial charge in [-0.1, -0.05) is 11.6 Å². The topological polar surface area (TPSA) is 79.3 Å². The van der Waals surface area contributed by atoms with Gasteiger partial charge in [0.05, 0.1) is 16.8 Å². The SMILES string of the molecule is Cc1ccc(NC(=O)c2ccc(F)nc2)c(C(=O)O)c1. The molecule has 0 fully saturated rings. The predicted octanol–water partition coefficient (Wildman–Crippen LogP) is 2.48. The van der Waals surface area contributed by atoms with Crippen molar-refractivity contribution in [2.24, 2.45) is 0 Å². The molecule has 20 heavy (non-hydrogen) atoms. The molecule has 0 radical (unpaired) electrons. The normalized spacial score (nSPS) is 10.1. The molecule has 0 saturated carbocycles. The van der Waals surface area contributed by atoms with Gasteiger partial charge in [0.2, 0.25) is 5.95 Å². The Hall–Kier alpha value is -2.76. The molecular formula is C14H11FN2O3. The fourth-order valence-electron chi connectivity index (χ4n) is 1.65. The van der Waals surface area contributed by atoms with Crippen LogP contribution in [0.3, 0.4) is 0 Å². The fourth-order valence-corrected chi connectivity index (χ4v) is 1.65. The maximum absolute atomic E-state index is 12.7. The molecule has 2 rings (SSSR count). The average molecular weight is 274 g/mol. The summed E-state index contributed by atoms with van der Waals surface area (Å²) < 4.78 is 12.7. The Morgan fingerprint density at radius 3 is 2.60 bits per heavy atom. The van der Waals surface area contributed by atoms with Crippen molar-refractivity contribution in [2.75, 3.05) is 5.32 Å². The van der Waals surface area contributed by atoms with Gasteiger partial charge in [0, 0.05) is 6.20 Å². The third kappa shape index (κ3) is 2.97. The number of carboxylic acid groups (broad SMARTS) is 1. The monoisotopic (exact) mass is 274 g/mol. The van der Waals surface area contributed by atoms with E-state index in [9.17, 15) is 14.0 Å². The molecule has 0 aliphatic heterocycles. The number of carbonyl (C=O) groups excluding carboxylic acids is 1. The van der Waals surface area contributed by atoms with E-state index in [0.29, 0.717) is 0 Å². The number of hydrogen-bond donors (Lipinski definition) is 2. The molecule has 0 atom stereocenters. The van der Waals surface area contributed by atoms with Crippen molar-refractivity contribution in [3.63, 3.8) is 0 Å². The number of anilines is 1. The molecular weight excluding hydrogens is 263 g/mol. The number of hydrogen-bond acceptors (Lipinski definition) is 3. The Morgan fingerprint density at radius 2 is 2.00 bits per heavy atom. The van der Waals surface area contributed by atoms with Gasteiger partial charge in [0.25, 0.3) is 5.91 Å². The van der Waals surface area contributed by atoms with E-state index in [2.05, 4.69) is 10.3 Å². The first-order chi connectivity index (χ1) is 9.47. The number of aryl methyl sites for hydroxylation is 1. The van der Waals surface area contributed by atoms with E-state index in [0.717, 1.165) is 17.8 Å². The van der Waals surface area contributed by atoms with Crippen LogP contribution in [0.1, 0.15) is 26.3 Å². The lowest BCUT2D eigenvalue weighted by molar-refractivity contribution is 0.0698. The van der Waals surface area contributed by atoms with Crippen LogP contribution in [0, 0.1) is 12.9 Å². The molecule has 6 heteroatoms. The number of pyridine rings is 1. The Balaban J connectivity index is 2.28. The number of aromatic nitrogens is 1. The van der Waals surface area contributed by atoms with Gasteiger partial charge in [-0.05, 0) is 31.2 Å². The molecule has 1 amide bonds. The van der Waals surface area contributed by atoms with Crippen LogP contribution in [0.4, 0.5) is 10.1 Å². The van der Waals surface area contributed by atoms with E-state index < -0.39 is 17.8 Å². The highest BCUT2D eigenvalue weighted by Gasteiger charge is 2.14. The minimum atomic E-state index is -1.14.